The van der Waals surface area contributed by atoms with Crippen LogP contribution in [0, 0.1) is 6.92 Å². The predicted molar refractivity (Wildman–Crippen MR) is 94.7 cm³/mol. The van der Waals surface area contributed by atoms with Gasteiger partial charge in [-0.25, -0.2) is 12.7 Å². The first-order valence-corrected chi connectivity index (χ1v) is 9.07. The van der Waals surface area contributed by atoms with E-state index >= 15 is 0 Å². The van der Waals surface area contributed by atoms with Crippen LogP contribution in [0.4, 0.5) is 0 Å². The number of Topliss-reactive ketones (excluding diaryl/α,β-unsaturated/α-hetero) is 1. The Morgan fingerprint density at radius 2 is 1.60 bits per heavy atom. The van der Waals surface area contributed by atoms with Crippen molar-refractivity contribution in [2.24, 2.45) is 0 Å². The molecule has 2 aromatic rings. The van der Waals surface area contributed by atoms with Crippen molar-refractivity contribution >= 4 is 21.7 Å². The van der Waals surface area contributed by atoms with Crippen molar-refractivity contribution in [3.05, 3.63) is 65.2 Å². The molecule has 0 aliphatic heterocycles. The van der Waals surface area contributed by atoms with Gasteiger partial charge in [-0.05, 0) is 18.6 Å². The lowest BCUT2D eigenvalue weighted by molar-refractivity contribution is -0.117. The zero-order valence-corrected chi connectivity index (χ0v) is 15.1. The molecule has 0 aliphatic carbocycles. The number of ketones is 1. The summed E-state index contributed by atoms with van der Waals surface area (Å²) in [6, 6.07) is 13.0. The molecule has 0 aromatic heterocycles. The number of benzene rings is 2. The van der Waals surface area contributed by atoms with E-state index < -0.39 is 21.7 Å². The molecule has 0 radical (unpaired) electrons. The summed E-state index contributed by atoms with van der Waals surface area (Å²) in [4.78, 5) is 24.3. The normalized spacial score (nSPS) is 11.4. The van der Waals surface area contributed by atoms with Crippen LogP contribution in [0.1, 0.15) is 21.5 Å². The Hall–Kier alpha value is -2.51. The van der Waals surface area contributed by atoms with E-state index in [-0.39, 0.29) is 17.0 Å². The average molecular weight is 360 g/mol. The van der Waals surface area contributed by atoms with E-state index in [0.717, 1.165) is 9.87 Å². The largest absolute Gasteiger partial charge is 0.345 e. The van der Waals surface area contributed by atoms with Crippen molar-refractivity contribution in [3.63, 3.8) is 0 Å². The summed E-state index contributed by atoms with van der Waals surface area (Å²) in [5.41, 5.74) is 1.69. The van der Waals surface area contributed by atoms with Crippen molar-refractivity contribution in [1.82, 2.24) is 9.62 Å². The van der Waals surface area contributed by atoms with Crippen LogP contribution in [-0.4, -0.2) is 38.5 Å². The lowest BCUT2D eigenvalue weighted by atomic mass is 10.1. The van der Waals surface area contributed by atoms with Crippen LogP contribution in [0.25, 0.3) is 0 Å². The van der Waals surface area contributed by atoms with Crippen LogP contribution < -0.4 is 5.32 Å². The smallest absolute Gasteiger partial charge is 0.292 e. The zero-order chi connectivity index (χ0) is 18.6. The monoisotopic (exact) mass is 360 g/mol. The third kappa shape index (κ3) is 4.32. The minimum Gasteiger partial charge on any atom is -0.345 e. The lowest BCUT2D eigenvalue weighted by Crippen LogP contribution is -2.31. The summed E-state index contributed by atoms with van der Waals surface area (Å²) in [6.45, 7) is 1.83. The first-order valence-electron chi connectivity index (χ1n) is 7.63. The van der Waals surface area contributed by atoms with Gasteiger partial charge >= 0.3 is 0 Å². The Bertz CT molecular complexity index is 888. The molecule has 0 heterocycles. The van der Waals surface area contributed by atoms with E-state index in [1.54, 1.807) is 42.5 Å². The van der Waals surface area contributed by atoms with Crippen LogP contribution in [-0.2, 0) is 21.4 Å². The Balaban J connectivity index is 2.15. The molecule has 0 aliphatic rings. The maximum atomic E-state index is 12.3. The quantitative estimate of drug-likeness (QED) is 0.628. The molecule has 0 spiro atoms. The Kier molecular flexibility index (Phi) is 5.71. The van der Waals surface area contributed by atoms with Crippen molar-refractivity contribution in [2.75, 3.05) is 14.1 Å². The number of carbonyl (C=O) groups excluding carboxylic acids is 2. The molecule has 0 atom stereocenters. The SMILES string of the molecule is Cc1ccc(C(=O)C(=O)NCc2ccccc2S(=O)(=O)N(C)C)cc1. The summed E-state index contributed by atoms with van der Waals surface area (Å²) >= 11 is 0. The highest BCUT2D eigenvalue weighted by atomic mass is 32.2. The Labute approximate surface area is 147 Å². The molecule has 1 amide bonds. The molecule has 132 valence electrons. The fraction of sp³-hybridized carbons (Fsp3) is 0.222. The van der Waals surface area contributed by atoms with Crippen molar-refractivity contribution < 1.29 is 18.0 Å². The molecule has 1 N–H and O–H groups in total. The third-order valence-corrected chi connectivity index (χ3v) is 5.61. The van der Waals surface area contributed by atoms with Gasteiger partial charge in [0.05, 0.1) is 4.90 Å². The van der Waals surface area contributed by atoms with Gasteiger partial charge in [0.2, 0.25) is 15.8 Å². The number of sulfonamides is 1. The fourth-order valence-electron chi connectivity index (χ4n) is 2.19. The van der Waals surface area contributed by atoms with Crippen LogP contribution in [0.2, 0.25) is 0 Å². The summed E-state index contributed by atoms with van der Waals surface area (Å²) in [5, 5.41) is 2.49. The van der Waals surface area contributed by atoms with Crippen LogP contribution in [0.15, 0.2) is 53.4 Å². The lowest BCUT2D eigenvalue weighted by Gasteiger charge is -2.15. The predicted octanol–water partition coefficient (Wildman–Crippen LogP) is 1.74. The average Bonchev–Trinajstić information content (AvgIpc) is 2.59. The molecule has 25 heavy (non-hydrogen) atoms. The number of hydrogen-bond acceptors (Lipinski definition) is 4. The number of rotatable bonds is 6. The number of amides is 1. The second-order valence-corrected chi connectivity index (χ2v) is 7.89. The molecule has 0 fully saturated rings. The molecular weight excluding hydrogens is 340 g/mol. The summed E-state index contributed by atoms with van der Waals surface area (Å²) < 4.78 is 25.8. The van der Waals surface area contributed by atoms with Crippen LogP contribution >= 0.6 is 0 Å². The van der Waals surface area contributed by atoms with Crippen LogP contribution in [0.5, 0.6) is 0 Å². The van der Waals surface area contributed by atoms with Crippen LogP contribution in [0.3, 0.4) is 0 Å². The Morgan fingerprint density at radius 3 is 2.20 bits per heavy atom. The van der Waals surface area contributed by atoms with Crippen molar-refractivity contribution in [1.29, 1.82) is 0 Å². The zero-order valence-electron chi connectivity index (χ0n) is 14.3. The minimum atomic E-state index is -3.64. The molecule has 0 saturated carbocycles. The molecule has 0 bridgehead atoms. The third-order valence-electron chi connectivity index (χ3n) is 3.69. The number of nitrogens with zero attached hydrogens (tertiary/aromatic N) is 1. The Morgan fingerprint density at radius 1 is 1.00 bits per heavy atom. The van der Waals surface area contributed by atoms with Gasteiger partial charge in [-0.2, -0.15) is 0 Å². The molecule has 0 unspecified atom stereocenters. The molecule has 2 rings (SSSR count). The second-order valence-electron chi connectivity index (χ2n) is 5.77. The van der Waals surface area contributed by atoms with E-state index in [4.69, 9.17) is 0 Å². The van der Waals surface area contributed by atoms with E-state index in [9.17, 15) is 18.0 Å². The van der Waals surface area contributed by atoms with Gasteiger partial charge < -0.3 is 5.32 Å². The maximum absolute atomic E-state index is 12.3. The second kappa shape index (κ2) is 7.58. The molecular formula is C18H20N2O4S. The number of hydrogen-bond donors (Lipinski definition) is 1. The molecule has 6 nitrogen and oxygen atoms in total. The highest BCUT2D eigenvalue weighted by molar-refractivity contribution is 7.89. The number of carbonyl (C=O) groups is 2. The van der Waals surface area contributed by atoms with Gasteiger partial charge in [-0.1, -0.05) is 48.0 Å². The maximum Gasteiger partial charge on any atom is 0.292 e. The van der Waals surface area contributed by atoms with E-state index in [1.165, 1.54) is 20.2 Å². The fourth-order valence-corrected chi connectivity index (χ4v) is 3.31. The summed E-state index contributed by atoms with van der Waals surface area (Å²) in [7, 11) is -0.763. The van der Waals surface area contributed by atoms with E-state index in [1.807, 2.05) is 6.92 Å². The first kappa shape index (κ1) is 18.8. The van der Waals surface area contributed by atoms with Gasteiger partial charge in [0, 0.05) is 26.2 Å². The van der Waals surface area contributed by atoms with E-state index in [0.29, 0.717) is 5.56 Å². The molecule has 7 heteroatoms. The standard InChI is InChI=1S/C18H20N2O4S/c1-13-8-10-14(11-9-13)17(21)18(22)19-12-15-6-4-5-7-16(15)25(23,24)20(2)3/h4-11H,12H2,1-3H3,(H,19,22). The molecule has 0 saturated heterocycles. The van der Waals surface area contributed by atoms with Gasteiger partial charge in [-0.3, -0.25) is 9.59 Å². The highest BCUT2D eigenvalue weighted by Gasteiger charge is 2.22. The number of nitrogens with one attached hydrogen (secondary N) is 1. The summed E-state index contributed by atoms with van der Waals surface area (Å²) in [6.07, 6.45) is 0. The van der Waals surface area contributed by atoms with Gasteiger partial charge in [0.1, 0.15) is 0 Å². The summed E-state index contributed by atoms with van der Waals surface area (Å²) in [5.74, 6) is -1.44. The van der Waals surface area contributed by atoms with Crippen molar-refractivity contribution in [2.45, 2.75) is 18.4 Å². The van der Waals surface area contributed by atoms with Gasteiger partial charge in [0.15, 0.2) is 0 Å². The van der Waals surface area contributed by atoms with Crippen molar-refractivity contribution in [3.8, 4) is 0 Å². The highest BCUT2D eigenvalue weighted by Crippen LogP contribution is 2.18. The topological polar surface area (TPSA) is 83.5 Å². The number of aryl methyl sites for hydroxylation is 1. The molecule has 2 aromatic carbocycles. The van der Waals surface area contributed by atoms with E-state index in [2.05, 4.69) is 5.32 Å². The van der Waals surface area contributed by atoms with Gasteiger partial charge in [-0.15, -0.1) is 0 Å². The van der Waals surface area contributed by atoms with Gasteiger partial charge in [0.25, 0.3) is 5.91 Å². The first-order chi connectivity index (χ1) is 11.7. The minimum absolute atomic E-state index is 0.0559.